The maximum Gasteiger partial charge on any atom is 0.339 e. The monoisotopic (exact) mass is 464 g/mol. The van der Waals surface area contributed by atoms with Crippen molar-refractivity contribution in [3.63, 3.8) is 0 Å². The Labute approximate surface area is 181 Å². The fourth-order valence-corrected chi connectivity index (χ4v) is 3.24. The average Bonchev–Trinajstić information content (AvgIpc) is 3.29. The van der Waals surface area contributed by atoms with Gasteiger partial charge in [-0.25, -0.2) is 9.78 Å². The van der Waals surface area contributed by atoms with Crippen LogP contribution in [0.1, 0.15) is 16.1 Å². The first kappa shape index (κ1) is 19.8. The highest BCUT2D eigenvalue weighted by atomic mass is 79.9. The van der Waals surface area contributed by atoms with E-state index in [0.717, 1.165) is 10.0 Å². The van der Waals surface area contributed by atoms with Crippen LogP contribution in [-0.2, 0) is 16.1 Å². The second-order valence-electron chi connectivity index (χ2n) is 6.51. The molecule has 2 aromatic heterocycles. The summed E-state index contributed by atoms with van der Waals surface area (Å²) in [5.41, 5.74) is 2.55. The van der Waals surface area contributed by atoms with Crippen LogP contribution in [0, 0.1) is 0 Å². The van der Waals surface area contributed by atoms with Gasteiger partial charge in [0.05, 0.1) is 29.6 Å². The lowest BCUT2D eigenvalue weighted by Crippen LogP contribution is -2.28. The summed E-state index contributed by atoms with van der Waals surface area (Å²) in [7, 11) is 0. The molecule has 2 heterocycles. The Morgan fingerprint density at radius 1 is 1.03 bits per heavy atom. The molecule has 0 aliphatic rings. The minimum absolute atomic E-state index is 0.231. The standard InChI is InChI=1S/C23H17BrN2O4/c24-16-9-7-15(8-10-16)21-12-19(18-5-1-2-6-20(18)26-21)23(28)30-14-22(27)25-13-17-4-3-11-29-17/h1-12H,13-14H2,(H,25,27). The Hall–Kier alpha value is -3.45. The SMILES string of the molecule is O=C(COC(=O)c1cc(-c2ccc(Br)cc2)nc2ccccc12)NCc1ccco1. The van der Waals surface area contributed by atoms with Gasteiger partial charge < -0.3 is 14.5 Å². The first-order valence-electron chi connectivity index (χ1n) is 9.22. The molecule has 0 unspecified atom stereocenters. The molecule has 2 aromatic carbocycles. The van der Waals surface area contributed by atoms with Crippen LogP contribution in [0.5, 0.6) is 0 Å². The second-order valence-corrected chi connectivity index (χ2v) is 7.43. The minimum Gasteiger partial charge on any atom is -0.467 e. The van der Waals surface area contributed by atoms with E-state index in [0.29, 0.717) is 27.9 Å². The molecule has 150 valence electrons. The van der Waals surface area contributed by atoms with E-state index < -0.39 is 11.9 Å². The van der Waals surface area contributed by atoms with E-state index in [4.69, 9.17) is 9.15 Å². The van der Waals surface area contributed by atoms with Crippen LogP contribution < -0.4 is 5.32 Å². The summed E-state index contributed by atoms with van der Waals surface area (Å²) in [4.78, 5) is 29.4. The smallest absolute Gasteiger partial charge is 0.339 e. The number of benzene rings is 2. The highest BCUT2D eigenvalue weighted by molar-refractivity contribution is 9.10. The van der Waals surface area contributed by atoms with Crippen LogP contribution in [0.25, 0.3) is 22.2 Å². The number of nitrogens with one attached hydrogen (secondary N) is 1. The lowest BCUT2D eigenvalue weighted by atomic mass is 10.0. The maximum atomic E-state index is 12.8. The molecule has 30 heavy (non-hydrogen) atoms. The van der Waals surface area contributed by atoms with Crippen molar-refractivity contribution in [2.24, 2.45) is 0 Å². The summed E-state index contributed by atoms with van der Waals surface area (Å²) in [5, 5.41) is 3.31. The molecular weight excluding hydrogens is 448 g/mol. The number of ether oxygens (including phenoxy) is 1. The van der Waals surface area contributed by atoms with E-state index >= 15 is 0 Å². The molecule has 0 aliphatic carbocycles. The molecule has 0 spiro atoms. The van der Waals surface area contributed by atoms with Crippen LogP contribution in [0.15, 0.2) is 81.9 Å². The topological polar surface area (TPSA) is 81.4 Å². The molecule has 0 atom stereocenters. The van der Waals surface area contributed by atoms with Crippen LogP contribution in [-0.4, -0.2) is 23.5 Å². The van der Waals surface area contributed by atoms with Crippen molar-refractivity contribution in [2.75, 3.05) is 6.61 Å². The van der Waals surface area contributed by atoms with E-state index in [1.807, 2.05) is 42.5 Å². The molecule has 0 saturated heterocycles. The van der Waals surface area contributed by atoms with Gasteiger partial charge in [0, 0.05) is 15.4 Å². The van der Waals surface area contributed by atoms with Crippen molar-refractivity contribution in [1.29, 1.82) is 0 Å². The molecule has 4 aromatic rings. The Morgan fingerprint density at radius 3 is 2.60 bits per heavy atom. The van der Waals surface area contributed by atoms with E-state index in [1.165, 1.54) is 6.26 Å². The molecule has 0 bridgehead atoms. The van der Waals surface area contributed by atoms with E-state index in [1.54, 1.807) is 24.3 Å². The van der Waals surface area contributed by atoms with E-state index in [-0.39, 0.29) is 13.2 Å². The van der Waals surface area contributed by atoms with Crippen molar-refractivity contribution in [3.05, 3.63) is 88.8 Å². The number of esters is 1. The predicted octanol–water partition coefficient (Wildman–Crippen LogP) is 4.73. The van der Waals surface area contributed by atoms with E-state index in [9.17, 15) is 9.59 Å². The number of rotatable bonds is 6. The lowest BCUT2D eigenvalue weighted by molar-refractivity contribution is -0.124. The molecule has 1 N–H and O–H groups in total. The Morgan fingerprint density at radius 2 is 1.83 bits per heavy atom. The number of furan rings is 1. The maximum absolute atomic E-state index is 12.8. The van der Waals surface area contributed by atoms with Crippen molar-refractivity contribution in [1.82, 2.24) is 10.3 Å². The van der Waals surface area contributed by atoms with Gasteiger partial charge in [0.2, 0.25) is 0 Å². The van der Waals surface area contributed by atoms with Gasteiger partial charge in [0.15, 0.2) is 6.61 Å². The first-order chi connectivity index (χ1) is 14.6. The molecule has 0 radical (unpaired) electrons. The van der Waals surface area contributed by atoms with Crippen molar-refractivity contribution in [3.8, 4) is 11.3 Å². The van der Waals surface area contributed by atoms with Crippen molar-refractivity contribution in [2.45, 2.75) is 6.54 Å². The van der Waals surface area contributed by atoms with Crippen molar-refractivity contribution < 1.29 is 18.7 Å². The fourth-order valence-electron chi connectivity index (χ4n) is 2.97. The van der Waals surface area contributed by atoms with Gasteiger partial charge >= 0.3 is 5.97 Å². The van der Waals surface area contributed by atoms with Crippen LogP contribution in [0.2, 0.25) is 0 Å². The zero-order valence-electron chi connectivity index (χ0n) is 15.8. The number of para-hydroxylation sites is 1. The number of hydrogen-bond acceptors (Lipinski definition) is 5. The molecular formula is C23H17BrN2O4. The summed E-state index contributed by atoms with van der Waals surface area (Å²) in [6.45, 7) is -0.154. The van der Waals surface area contributed by atoms with E-state index in [2.05, 4.69) is 26.2 Å². The predicted molar refractivity (Wildman–Crippen MR) is 116 cm³/mol. The number of halogens is 1. The Kier molecular flexibility index (Phi) is 5.90. The second kappa shape index (κ2) is 8.92. The number of carbonyl (C=O) groups is 2. The minimum atomic E-state index is -0.583. The molecule has 0 fully saturated rings. The summed E-state index contributed by atoms with van der Waals surface area (Å²) in [6, 6.07) is 20.2. The van der Waals surface area contributed by atoms with Crippen LogP contribution in [0.3, 0.4) is 0 Å². The van der Waals surface area contributed by atoms with Gasteiger partial charge in [0.25, 0.3) is 5.91 Å². The highest BCUT2D eigenvalue weighted by Crippen LogP contribution is 2.26. The average molecular weight is 465 g/mol. The molecule has 6 nitrogen and oxygen atoms in total. The van der Waals surface area contributed by atoms with Crippen LogP contribution >= 0.6 is 15.9 Å². The number of aromatic nitrogens is 1. The van der Waals surface area contributed by atoms with Gasteiger partial charge in [-0.05, 0) is 36.4 Å². The lowest BCUT2D eigenvalue weighted by Gasteiger charge is -2.10. The fraction of sp³-hybridized carbons (Fsp3) is 0.0870. The summed E-state index contributed by atoms with van der Waals surface area (Å²) < 4.78 is 11.4. The number of amides is 1. The molecule has 0 saturated carbocycles. The molecule has 1 amide bonds. The molecule has 7 heteroatoms. The third-order valence-corrected chi connectivity index (χ3v) is 4.98. The summed E-state index contributed by atoms with van der Waals surface area (Å²) >= 11 is 3.42. The Bertz CT molecular complexity index is 1190. The van der Waals surface area contributed by atoms with Gasteiger partial charge in [-0.1, -0.05) is 46.3 Å². The zero-order valence-corrected chi connectivity index (χ0v) is 17.4. The van der Waals surface area contributed by atoms with Gasteiger partial charge in [-0.15, -0.1) is 0 Å². The quantitative estimate of drug-likeness (QED) is 0.417. The zero-order chi connectivity index (χ0) is 20.9. The summed E-state index contributed by atoms with van der Waals surface area (Å²) in [6.07, 6.45) is 1.53. The van der Waals surface area contributed by atoms with Crippen molar-refractivity contribution >= 4 is 38.7 Å². The third-order valence-electron chi connectivity index (χ3n) is 4.45. The largest absolute Gasteiger partial charge is 0.467 e. The molecule has 0 aliphatic heterocycles. The van der Waals surface area contributed by atoms with Crippen LogP contribution in [0.4, 0.5) is 0 Å². The normalized spacial score (nSPS) is 10.7. The number of hydrogen-bond donors (Lipinski definition) is 1. The molecule has 4 rings (SSSR count). The third kappa shape index (κ3) is 4.58. The number of fused-ring (bicyclic) bond motifs is 1. The summed E-state index contributed by atoms with van der Waals surface area (Å²) in [5.74, 6) is -0.375. The number of carbonyl (C=O) groups excluding carboxylic acids is 2. The number of pyridine rings is 1. The highest BCUT2D eigenvalue weighted by Gasteiger charge is 2.16. The van der Waals surface area contributed by atoms with Gasteiger partial charge in [0.1, 0.15) is 5.76 Å². The Balaban J connectivity index is 1.53. The number of nitrogens with zero attached hydrogens (tertiary/aromatic N) is 1. The van der Waals surface area contributed by atoms with Gasteiger partial charge in [-0.2, -0.15) is 0 Å². The van der Waals surface area contributed by atoms with Gasteiger partial charge in [-0.3, -0.25) is 4.79 Å². The first-order valence-corrected chi connectivity index (χ1v) is 10.0.